The van der Waals surface area contributed by atoms with Crippen molar-refractivity contribution in [3.8, 4) is 0 Å². The smallest absolute Gasteiger partial charge is 0.412 e. The lowest BCUT2D eigenvalue weighted by atomic mass is 10.0. The normalized spacial score (nSPS) is 22.8. The van der Waals surface area contributed by atoms with Gasteiger partial charge in [-0.3, -0.25) is 9.69 Å². The molecule has 122 valence electrons. The number of carbonyl (C=O) groups excluding carboxylic acids is 2. The van der Waals surface area contributed by atoms with Gasteiger partial charge in [0.05, 0.1) is 25.7 Å². The number of ether oxygens (including phenoxy) is 3. The number of hydrogen-bond acceptors (Lipinski definition) is 5. The predicted molar refractivity (Wildman–Crippen MR) is 77.7 cm³/mol. The Kier molecular flexibility index (Phi) is 5.25. The van der Waals surface area contributed by atoms with Gasteiger partial charge in [0.2, 0.25) is 0 Å². The molecule has 0 spiro atoms. The fourth-order valence-electron chi connectivity index (χ4n) is 2.44. The van der Waals surface area contributed by atoms with E-state index in [2.05, 4.69) is 0 Å². The van der Waals surface area contributed by atoms with E-state index in [1.807, 2.05) is 34.6 Å². The Morgan fingerprint density at radius 3 is 2.43 bits per heavy atom. The van der Waals surface area contributed by atoms with Gasteiger partial charge in [-0.2, -0.15) is 0 Å². The summed E-state index contributed by atoms with van der Waals surface area (Å²) >= 11 is 0. The van der Waals surface area contributed by atoms with E-state index in [1.165, 1.54) is 7.11 Å². The van der Waals surface area contributed by atoms with Crippen molar-refractivity contribution in [2.75, 3.05) is 13.7 Å². The highest BCUT2D eigenvalue weighted by Gasteiger charge is 2.46. The molecule has 1 rings (SSSR count). The van der Waals surface area contributed by atoms with Crippen molar-refractivity contribution in [3.63, 3.8) is 0 Å². The minimum absolute atomic E-state index is 0.205. The van der Waals surface area contributed by atoms with Gasteiger partial charge in [-0.1, -0.05) is 6.92 Å². The van der Waals surface area contributed by atoms with Crippen molar-refractivity contribution in [3.05, 3.63) is 0 Å². The van der Waals surface area contributed by atoms with E-state index >= 15 is 0 Å². The van der Waals surface area contributed by atoms with Crippen LogP contribution in [-0.2, 0) is 19.0 Å². The van der Waals surface area contributed by atoms with E-state index in [0.717, 1.165) is 0 Å². The van der Waals surface area contributed by atoms with Crippen LogP contribution in [0, 0.1) is 5.92 Å². The lowest BCUT2D eigenvalue weighted by molar-refractivity contribution is -0.145. The minimum Gasteiger partial charge on any atom is -0.469 e. The number of nitrogens with zero attached hydrogens (tertiary/aromatic N) is 1. The van der Waals surface area contributed by atoms with Gasteiger partial charge in [0, 0.05) is 0 Å². The number of esters is 1. The summed E-state index contributed by atoms with van der Waals surface area (Å²) in [6.07, 6.45) is 0.0575. The fraction of sp³-hybridized carbons (Fsp3) is 0.867. The highest BCUT2D eigenvalue weighted by Crippen LogP contribution is 2.32. The molecular formula is C15H27NO5. The predicted octanol–water partition coefficient (Wildman–Crippen LogP) is 2.56. The zero-order valence-corrected chi connectivity index (χ0v) is 14.1. The van der Waals surface area contributed by atoms with Gasteiger partial charge in [-0.15, -0.1) is 0 Å². The summed E-state index contributed by atoms with van der Waals surface area (Å²) in [7, 11) is 1.36. The van der Waals surface area contributed by atoms with Gasteiger partial charge in [0.15, 0.2) is 0 Å². The highest BCUT2D eigenvalue weighted by molar-refractivity contribution is 5.72. The van der Waals surface area contributed by atoms with Crippen molar-refractivity contribution >= 4 is 12.1 Å². The third kappa shape index (κ3) is 4.59. The zero-order valence-electron chi connectivity index (χ0n) is 14.1. The van der Waals surface area contributed by atoms with Crippen LogP contribution in [0.3, 0.4) is 0 Å². The molecule has 1 heterocycles. The van der Waals surface area contributed by atoms with E-state index in [0.29, 0.717) is 13.0 Å². The molecule has 0 saturated carbocycles. The van der Waals surface area contributed by atoms with Crippen molar-refractivity contribution in [2.24, 2.45) is 5.92 Å². The van der Waals surface area contributed by atoms with Crippen molar-refractivity contribution in [1.82, 2.24) is 4.90 Å². The van der Waals surface area contributed by atoms with Crippen LogP contribution < -0.4 is 0 Å². The standard InChI is InChI=1S/C15H27NO5/c1-10(12(17)19-7)8-11-9-20-15(5,6)16(11)13(18)21-14(2,3)4/h10-11H,8-9H2,1-7H3/t10-,11-/m1/s1. The highest BCUT2D eigenvalue weighted by atomic mass is 16.6. The lowest BCUT2D eigenvalue weighted by Crippen LogP contribution is -2.50. The van der Waals surface area contributed by atoms with Gasteiger partial charge in [0.25, 0.3) is 0 Å². The van der Waals surface area contributed by atoms with Crippen LogP contribution in [0.2, 0.25) is 0 Å². The molecule has 0 aromatic carbocycles. The van der Waals surface area contributed by atoms with Crippen LogP contribution in [0.4, 0.5) is 4.79 Å². The number of amides is 1. The molecule has 6 heteroatoms. The monoisotopic (exact) mass is 301 g/mol. The van der Waals surface area contributed by atoms with Crippen molar-refractivity contribution in [1.29, 1.82) is 0 Å². The van der Waals surface area contributed by atoms with E-state index in [-0.39, 0.29) is 17.9 Å². The number of rotatable bonds is 3. The Morgan fingerprint density at radius 1 is 1.38 bits per heavy atom. The molecule has 1 saturated heterocycles. The van der Waals surface area contributed by atoms with Crippen molar-refractivity contribution in [2.45, 2.75) is 65.3 Å². The first-order valence-electron chi connectivity index (χ1n) is 7.22. The number of carbonyl (C=O) groups is 2. The van der Waals surface area contributed by atoms with Crippen LogP contribution in [0.15, 0.2) is 0 Å². The fourth-order valence-corrected chi connectivity index (χ4v) is 2.44. The topological polar surface area (TPSA) is 65.1 Å². The Hall–Kier alpha value is -1.30. The number of hydrogen-bond donors (Lipinski definition) is 0. The largest absolute Gasteiger partial charge is 0.469 e. The third-order valence-electron chi connectivity index (χ3n) is 3.39. The van der Waals surface area contributed by atoms with Gasteiger partial charge in [-0.05, 0) is 41.0 Å². The van der Waals surface area contributed by atoms with Gasteiger partial charge in [0.1, 0.15) is 11.3 Å². The lowest BCUT2D eigenvalue weighted by Gasteiger charge is -2.35. The van der Waals surface area contributed by atoms with E-state index in [9.17, 15) is 9.59 Å². The summed E-state index contributed by atoms with van der Waals surface area (Å²) in [5, 5.41) is 0. The molecule has 1 amide bonds. The maximum absolute atomic E-state index is 12.4. The Bertz CT molecular complexity index is 399. The van der Waals surface area contributed by atoms with Crippen LogP contribution >= 0.6 is 0 Å². The summed E-state index contributed by atoms with van der Waals surface area (Å²) in [5.41, 5.74) is -1.32. The summed E-state index contributed by atoms with van der Waals surface area (Å²) in [5.74, 6) is -0.591. The van der Waals surface area contributed by atoms with Gasteiger partial charge < -0.3 is 14.2 Å². The second-order valence-electron chi connectivity index (χ2n) is 6.92. The first-order valence-corrected chi connectivity index (χ1v) is 7.22. The molecule has 2 atom stereocenters. The average molecular weight is 301 g/mol. The molecule has 1 aliphatic rings. The van der Waals surface area contributed by atoms with Gasteiger partial charge in [-0.25, -0.2) is 4.79 Å². The van der Waals surface area contributed by atoms with E-state index in [1.54, 1.807) is 11.8 Å². The molecule has 1 fully saturated rings. The maximum Gasteiger partial charge on any atom is 0.412 e. The third-order valence-corrected chi connectivity index (χ3v) is 3.39. The van der Waals surface area contributed by atoms with Crippen LogP contribution in [0.25, 0.3) is 0 Å². The molecule has 0 N–H and O–H groups in total. The molecule has 0 aliphatic carbocycles. The molecule has 0 unspecified atom stereocenters. The second kappa shape index (κ2) is 6.22. The summed E-state index contributed by atoms with van der Waals surface area (Å²) in [6.45, 7) is 11.3. The molecule has 0 aromatic rings. The molecule has 21 heavy (non-hydrogen) atoms. The Balaban J connectivity index is 2.84. The first kappa shape index (κ1) is 17.8. The van der Waals surface area contributed by atoms with Gasteiger partial charge >= 0.3 is 12.1 Å². The summed E-state index contributed by atoms with van der Waals surface area (Å²) < 4.78 is 15.9. The van der Waals surface area contributed by atoms with Crippen LogP contribution in [0.1, 0.15) is 48.0 Å². The van der Waals surface area contributed by atoms with E-state index in [4.69, 9.17) is 14.2 Å². The molecule has 6 nitrogen and oxygen atoms in total. The van der Waals surface area contributed by atoms with Crippen molar-refractivity contribution < 1.29 is 23.8 Å². The number of methoxy groups -OCH3 is 1. The minimum atomic E-state index is -0.747. The van der Waals surface area contributed by atoms with Crippen LogP contribution in [0.5, 0.6) is 0 Å². The average Bonchev–Trinajstić information content (AvgIpc) is 2.61. The molecule has 0 radical (unpaired) electrons. The SMILES string of the molecule is COC(=O)[C@H](C)C[C@@H]1COC(C)(C)N1C(=O)OC(C)(C)C. The molecule has 0 aromatic heterocycles. The molecule has 1 aliphatic heterocycles. The quantitative estimate of drug-likeness (QED) is 0.750. The zero-order chi connectivity index (χ0) is 16.4. The second-order valence-corrected chi connectivity index (χ2v) is 6.92. The Morgan fingerprint density at radius 2 is 1.95 bits per heavy atom. The molecule has 0 bridgehead atoms. The maximum atomic E-state index is 12.4. The summed E-state index contributed by atoms with van der Waals surface area (Å²) in [6, 6.07) is -0.205. The van der Waals surface area contributed by atoms with E-state index < -0.39 is 17.4 Å². The Labute approximate surface area is 126 Å². The first-order chi connectivity index (χ1) is 9.48. The molecular weight excluding hydrogens is 274 g/mol. The summed E-state index contributed by atoms with van der Waals surface area (Å²) in [4.78, 5) is 25.6. The van der Waals surface area contributed by atoms with Crippen LogP contribution in [-0.4, -0.2) is 48.0 Å².